The Hall–Kier alpha value is -1.59. The first-order valence-corrected chi connectivity index (χ1v) is 9.87. The van der Waals surface area contributed by atoms with E-state index in [0.29, 0.717) is 21.7 Å². The molecule has 0 spiro atoms. The molecule has 0 saturated carbocycles. The van der Waals surface area contributed by atoms with Crippen molar-refractivity contribution >= 4 is 34.8 Å². The molecule has 0 bridgehead atoms. The van der Waals surface area contributed by atoms with Crippen LogP contribution in [0.4, 0.5) is 5.69 Å². The summed E-state index contributed by atoms with van der Waals surface area (Å²) in [6.07, 6.45) is 2.68. The maximum Gasteiger partial charge on any atom is 0.255 e. The number of hydrogen-bond donors (Lipinski definition) is 1. The van der Waals surface area contributed by atoms with Gasteiger partial charge >= 0.3 is 0 Å². The molecule has 6 heteroatoms. The van der Waals surface area contributed by atoms with Crippen LogP contribution in [0.3, 0.4) is 0 Å². The summed E-state index contributed by atoms with van der Waals surface area (Å²) in [6, 6.07) is 12.8. The van der Waals surface area contributed by atoms with E-state index in [0.717, 1.165) is 42.7 Å². The van der Waals surface area contributed by atoms with Gasteiger partial charge in [0.05, 0.1) is 24.1 Å². The zero-order chi connectivity index (χ0) is 19.4. The third kappa shape index (κ3) is 5.69. The molecule has 1 atom stereocenters. The lowest BCUT2D eigenvalue weighted by Crippen LogP contribution is -2.44. The Balaban J connectivity index is 1.59. The molecule has 1 amide bonds. The summed E-state index contributed by atoms with van der Waals surface area (Å²) in [6.45, 7) is 2.81. The summed E-state index contributed by atoms with van der Waals surface area (Å²) in [5, 5.41) is 3.69. The van der Waals surface area contributed by atoms with Crippen LogP contribution >= 0.6 is 23.2 Å². The molecule has 27 heavy (non-hydrogen) atoms. The lowest BCUT2D eigenvalue weighted by molar-refractivity contribution is -0.906. The number of rotatable bonds is 6. The van der Waals surface area contributed by atoms with E-state index in [9.17, 15) is 4.79 Å². The van der Waals surface area contributed by atoms with Gasteiger partial charge in [0.25, 0.3) is 5.91 Å². The second-order valence-corrected chi connectivity index (χ2v) is 8.51. The van der Waals surface area contributed by atoms with Crippen molar-refractivity contribution in [3.8, 4) is 0 Å². The first-order valence-electron chi connectivity index (χ1n) is 9.11. The van der Waals surface area contributed by atoms with Crippen molar-refractivity contribution in [2.75, 3.05) is 32.6 Å². The van der Waals surface area contributed by atoms with Crippen LogP contribution in [0.15, 0.2) is 42.5 Å². The minimum Gasteiger partial charge on any atom is -0.372 e. The average molecular weight is 408 g/mol. The number of benzene rings is 2. The average Bonchev–Trinajstić information content (AvgIpc) is 3.11. The van der Waals surface area contributed by atoms with Crippen molar-refractivity contribution in [2.45, 2.75) is 25.5 Å². The number of anilines is 1. The van der Waals surface area contributed by atoms with E-state index >= 15 is 0 Å². The molecule has 2 aromatic carbocycles. The van der Waals surface area contributed by atoms with E-state index < -0.39 is 0 Å². The summed E-state index contributed by atoms with van der Waals surface area (Å²) in [7, 11) is 4.45. The van der Waals surface area contributed by atoms with Gasteiger partial charge in [-0.3, -0.25) is 4.79 Å². The molecule has 0 aliphatic carbocycles. The highest BCUT2D eigenvalue weighted by Crippen LogP contribution is 2.23. The van der Waals surface area contributed by atoms with Crippen molar-refractivity contribution in [2.24, 2.45) is 0 Å². The summed E-state index contributed by atoms with van der Waals surface area (Å²) < 4.78 is 6.64. The van der Waals surface area contributed by atoms with Crippen LogP contribution in [0.2, 0.25) is 10.0 Å². The van der Waals surface area contributed by atoms with Gasteiger partial charge in [-0.25, -0.2) is 0 Å². The van der Waals surface area contributed by atoms with Crippen molar-refractivity contribution < 1.29 is 14.0 Å². The number of carbonyl (C=O) groups excluding carboxylic acids is 1. The lowest BCUT2D eigenvalue weighted by Gasteiger charge is -2.32. The Bertz CT molecular complexity index is 800. The van der Waals surface area contributed by atoms with Crippen molar-refractivity contribution in [1.82, 2.24) is 0 Å². The predicted molar refractivity (Wildman–Crippen MR) is 111 cm³/mol. The molecule has 2 aromatic rings. The number of amides is 1. The van der Waals surface area contributed by atoms with E-state index in [2.05, 4.69) is 31.5 Å². The number of halogens is 2. The fourth-order valence-corrected chi connectivity index (χ4v) is 3.73. The third-order valence-corrected chi connectivity index (χ3v) is 5.47. The Morgan fingerprint density at radius 3 is 2.52 bits per heavy atom. The molecule has 4 nitrogen and oxygen atoms in total. The Labute approximate surface area is 170 Å². The number of quaternary nitrogens is 1. The number of nitrogens with one attached hydrogen (secondary N) is 1. The predicted octanol–water partition coefficient (Wildman–Crippen LogP) is 5.00. The van der Waals surface area contributed by atoms with Gasteiger partial charge in [-0.2, -0.15) is 0 Å². The standard InChI is InChI=1S/C21H24Cl2N2O2/c1-25(2,14-18-4-3-11-27-18)13-15-5-8-17(9-6-15)24-21(26)16-7-10-19(22)20(23)12-16/h5-10,12,18H,3-4,11,13-14H2,1-2H3/p+1/t18-/m1/s1. The molecule has 1 N–H and O–H groups in total. The summed E-state index contributed by atoms with van der Waals surface area (Å²) in [4.78, 5) is 12.4. The quantitative estimate of drug-likeness (QED) is 0.683. The molecular weight excluding hydrogens is 383 g/mol. The van der Waals surface area contributed by atoms with Gasteiger partial charge in [-0.05, 0) is 43.2 Å². The molecule has 1 aliphatic rings. The number of carbonyl (C=O) groups is 1. The molecule has 1 saturated heterocycles. The maximum atomic E-state index is 12.4. The van der Waals surface area contributed by atoms with E-state index in [-0.39, 0.29) is 5.91 Å². The molecule has 0 radical (unpaired) electrons. The molecule has 1 heterocycles. The first-order chi connectivity index (χ1) is 12.8. The van der Waals surface area contributed by atoms with Gasteiger partial charge in [0.15, 0.2) is 0 Å². The van der Waals surface area contributed by atoms with Crippen LogP contribution in [0, 0.1) is 0 Å². The molecule has 1 aliphatic heterocycles. The lowest BCUT2D eigenvalue weighted by atomic mass is 10.1. The zero-order valence-corrected chi connectivity index (χ0v) is 17.2. The number of nitrogens with zero attached hydrogens (tertiary/aromatic N) is 1. The molecule has 3 rings (SSSR count). The van der Waals surface area contributed by atoms with Gasteiger partial charge in [0, 0.05) is 23.4 Å². The van der Waals surface area contributed by atoms with E-state index in [1.54, 1.807) is 18.2 Å². The smallest absolute Gasteiger partial charge is 0.255 e. The van der Waals surface area contributed by atoms with Gasteiger partial charge in [0.1, 0.15) is 19.2 Å². The third-order valence-electron chi connectivity index (χ3n) is 4.73. The van der Waals surface area contributed by atoms with Crippen LogP contribution in [0.5, 0.6) is 0 Å². The van der Waals surface area contributed by atoms with Gasteiger partial charge < -0.3 is 14.5 Å². The van der Waals surface area contributed by atoms with Gasteiger partial charge in [-0.15, -0.1) is 0 Å². The molecule has 144 valence electrons. The highest BCUT2D eigenvalue weighted by atomic mass is 35.5. The Morgan fingerprint density at radius 2 is 1.89 bits per heavy atom. The second-order valence-electron chi connectivity index (χ2n) is 7.69. The molecule has 1 fully saturated rings. The van der Waals surface area contributed by atoms with Gasteiger partial charge in [0.2, 0.25) is 0 Å². The fourth-order valence-electron chi connectivity index (χ4n) is 3.43. The van der Waals surface area contributed by atoms with Crippen LogP contribution in [0.1, 0.15) is 28.8 Å². The van der Waals surface area contributed by atoms with E-state index in [1.807, 2.05) is 12.1 Å². The number of likely N-dealkylation sites (N-methyl/N-ethyl adjacent to an activating group) is 1. The molecule has 0 unspecified atom stereocenters. The summed E-state index contributed by atoms with van der Waals surface area (Å²) in [5.41, 5.74) is 2.45. The Kier molecular flexibility index (Phi) is 6.43. The SMILES string of the molecule is C[N+](C)(Cc1ccc(NC(=O)c2ccc(Cl)c(Cl)c2)cc1)C[C@H]1CCCO1. The van der Waals surface area contributed by atoms with Crippen LogP contribution in [-0.4, -0.2) is 43.7 Å². The Morgan fingerprint density at radius 1 is 1.15 bits per heavy atom. The largest absolute Gasteiger partial charge is 0.372 e. The van der Waals surface area contributed by atoms with Crippen LogP contribution in [0.25, 0.3) is 0 Å². The summed E-state index contributed by atoms with van der Waals surface area (Å²) >= 11 is 11.9. The maximum absolute atomic E-state index is 12.4. The van der Waals surface area contributed by atoms with Crippen LogP contribution < -0.4 is 5.32 Å². The van der Waals surface area contributed by atoms with Crippen molar-refractivity contribution in [1.29, 1.82) is 0 Å². The molecule has 0 aromatic heterocycles. The minimum atomic E-state index is -0.212. The second kappa shape index (κ2) is 8.61. The first kappa shape index (κ1) is 20.2. The van der Waals surface area contributed by atoms with Crippen molar-refractivity contribution in [3.63, 3.8) is 0 Å². The highest BCUT2D eigenvalue weighted by Gasteiger charge is 2.25. The fraction of sp³-hybridized carbons (Fsp3) is 0.381. The normalized spacial score (nSPS) is 17.1. The summed E-state index contributed by atoms with van der Waals surface area (Å²) in [5.74, 6) is -0.212. The van der Waals surface area contributed by atoms with Crippen molar-refractivity contribution in [3.05, 3.63) is 63.6 Å². The van der Waals surface area contributed by atoms with Gasteiger partial charge in [-0.1, -0.05) is 35.3 Å². The number of hydrogen-bond acceptors (Lipinski definition) is 2. The number of ether oxygens (including phenoxy) is 1. The minimum absolute atomic E-state index is 0.212. The highest BCUT2D eigenvalue weighted by molar-refractivity contribution is 6.42. The topological polar surface area (TPSA) is 38.3 Å². The van der Waals surface area contributed by atoms with E-state index in [1.165, 1.54) is 5.56 Å². The van der Waals surface area contributed by atoms with E-state index in [4.69, 9.17) is 27.9 Å². The monoisotopic (exact) mass is 407 g/mol. The zero-order valence-electron chi connectivity index (χ0n) is 15.7. The molecular formula is C21H25Cl2N2O2+. The van der Waals surface area contributed by atoms with Crippen LogP contribution in [-0.2, 0) is 11.3 Å².